The van der Waals surface area contributed by atoms with Gasteiger partial charge in [-0.05, 0) is 40.5 Å². The second-order valence-electron chi connectivity index (χ2n) is 3.69. The first-order valence-corrected chi connectivity index (χ1v) is 7.05. The van der Waals surface area contributed by atoms with E-state index in [-0.39, 0.29) is 0 Å². The van der Waals surface area contributed by atoms with Crippen molar-refractivity contribution in [1.29, 1.82) is 0 Å². The molecule has 0 aliphatic heterocycles. The number of hydrogen-bond donors (Lipinski definition) is 1. The number of rotatable bonds is 5. The molecule has 4 heteroatoms. The van der Waals surface area contributed by atoms with Crippen LogP contribution in [0.1, 0.15) is 11.1 Å². The molecule has 0 aliphatic rings. The van der Waals surface area contributed by atoms with Crippen molar-refractivity contribution >= 4 is 27.3 Å². The third kappa shape index (κ3) is 3.56. The summed E-state index contributed by atoms with van der Waals surface area (Å²) < 4.78 is 6.97. The van der Waals surface area contributed by atoms with E-state index < -0.39 is 0 Å². The summed E-state index contributed by atoms with van der Waals surface area (Å²) in [4.78, 5) is 0. The van der Waals surface area contributed by atoms with Crippen molar-refractivity contribution in [2.24, 2.45) is 0 Å². The van der Waals surface area contributed by atoms with E-state index in [2.05, 4.69) is 38.8 Å². The lowest BCUT2D eigenvalue weighted by Crippen LogP contribution is -2.07. The van der Waals surface area contributed by atoms with E-state index >= 15 is 0 Å². The number of ether oxygens (including phenoxy) is 1. The van der Waals surface area contributed by atoms with Crippen molar-refractivity contribution in [2.45, 2.75) is 13.2 Å². The Morgan fingerprint density at radius 2 is 2.18 bits per heavy atom. The van der Waals surface area contributed by atoms with E-state index in [1.165, 1.54) is 11.1 Å². The van der Waals surface area contributed by atoms with Gasteiger partial charge < -0.3 is 10.1 Å². The molecule has 1 aromatic heterocycles. The topological polar surface area (TPSA) is 21.3 Å². The van der Waals surface area contributed by atoms with Crippen LogP contribution in [0.3, 0.4) is 0 Å². The maximum atomic E-state index is 5.83. The summed E-state index contributed by atoms with van der Waals surface area (Å²) in [5.41, 5.74) is 2.38. The molecule has 17 heavy (non-hydrogen) atoms. The molecule has 2 rings (SSSR count). The Kier molecular flexibility index (Phi) is 4.59. The summed E-state index contributed by atoms with van der Waals surface area (Å²) in [7, 11) is 1.94. The van der Waals surface area contributed by atoms with E-state index in [0.29, 0.717) is 6.61 Å². The number of nitrogens with one attached hydrogen (secondary N) is 1. The van der Waals surface area contributed by atoms with Crippen LogP contribution in [0, 0.1) is 0 Å². The Bertz CT molecular complexity index is 484. The molecule has 0 saturated heterocycles. The monoisotopic (exact) mass is 311 g/mol. The Balaban J connectivity index is 2.03. The number of halogens is 1. The second-order valence-corrected chi connectivity index (χ2v) is 5.98. The fraction of sp³-hybridized carbons (Fsp3) is 0.231. The van der Waals surface area contributed by atoms with Crippen LogP contribution in [0.15, 0.2) is 39.5 Å². The van der Waals surface area contributed by atoms with Crippen LogP contribution >= 0.6 is 27.3 Å². The zero-order valence-corrected chi connectivity index (χ0v) is 12.0. The molecule has 2 aromatic rings. The molecule has 0 bridgehead atoms. The first kappa shape index (κ1) is 12.6. The van der Waals surface area contributed by atoms with Crippen LogP contribution < -0.4 is 10.1 Å². The Morgan fingerprint density at radius 1 is 1.35 bits per heavy atom. The Hall–Kier alpha value is -0.840. The van der Waals surface area contributed by atoms with Gasteiger partial charge in [0.2, 0.25) is 0 Å². The summed E-state index contributed by atoms with van der Waals surface area (Å²) in [6, 6.07) is 10.2. The molecule has 1 N–H and O–H groups in total. The third-order valence-electron chi connectivity index (χ3n) is 2.36. The molecule has 90 valence electrons. The first-order valence-electron chi connectivity index (χ1n) is 5.38. The molecule has 0 saturated carbocycles. The fourth-order valence-electron chi connectivity index (χ4n) is 1.56. The van der Waals surface area contributed by atoms with Gasteiger partial charge in [0.1, 0.15) is 12.4 Å². The molecule has 0 amide bonds. The Morgan fingerprint density at radius 3 is 2.88 bits per heavy atom. The van der Waals surface area contributed by atoms with E-state index in [0.717, 1.165) is 16.1 Å². The minimum atomic E-state index is 0.614. The average Bonchev–Trinajstić information content (AvgIpc) is 2.74. The van der Waals surface area contributed by atoms with Gasteiger partial charge in [0.05, 0.1) is 3.79 Å². The number of thiophene rings is 1. The SMILES string of the molecule is CNCc1ccccc1OCc1csc(Br)c1. The smallest absolute Gasteiger partial charge is 0.124 e. The van der Waals surface area contributed by atoms with E-state index in [4.69, 9.17) is 4.74 Å². The lowest BCUT2D eigenvalue weighted by Gasteiger charge is -2.10. The third-order valence-corrected chi connectivity index (χ3v) is 3.91. The van der Waals surface area contributed by atoms with Crippen LogP contribution in [-0.4, -0.2) is 7.05 Å². The molecule has 0 spiro atoms. The predicted molar refractivity (Wildman–Crippen MR) is 75.6 cm³/mol. The molecular formula is C13H14BrNOS. The maximum absolute atomic E-state index is 5.83. The normalized spacial score (nSPS) is 10.5. The lowest BCUT2D eigenvalue weighted by atomic mass is 10.2. The zero-order chi connectivity index (χ0) is 12.1. The van der Waals surface area contributed by atoms with Gasteiger partial charge in [-0.3, -0.25) is 0 Å². The van der Waals surface area contributed by atoms with Crippen molar-refractivity contribution in [3.05, 3.63) is 50.6 Å². The van der Waals surface area contributed by atoms with Gasteiger partial charge in [0.15, 0.2) is 0 Å². The molecule has 0 fully saturated rings. The van der Waals surface area contributed by atoms with Crippen molar-refractivity contribution in [3.8, 4) is 5.75 Å². The summed E-state index contributed by atoms with van der Waals surface area (Å²) in [5, 5.41) is 5.24. The van der Waals surface area contributed by atoms with Crippen LogP contribution in [0.2, 0.25) is 0 Å². The molecule has 0 radical (unpaired) electrons. The fourth-order valence-corrected chi connectivity index (χ4v) is 2.76. The maximum Gasteiger partial charge on any atom is 0.124 e. The van der Waals surface area contributed by atoms with Crippen molar-refractivity contribution in [1.82, 2.24) is 5.32 Å². The highest BCUT2D eigenvalue weighted by Crippen LogP contribution is 2.23. The lowest BCUT2D eigenvalue weighted by molar-refractivity contribution is 0.303. The van der Waals surface area contributed by atoms with Crippen molar-refractivity contribution in [3.63, 3.8) is 0 Å². The number of para-hydroxylation sites is 1. The molecule has 0 atom stereocenters. The summed E-state index contributed by atoms with van der Waals surface area (Å²) >= 11 is 5.13. The van der Waals surface area contributed by atoms with Crippen LogP contribution in [0.4, 0.5) is 0 Å². The van der Waals surface area contributed by atoms with Gasteiger partial charge in [-0.2, -0.15) is 0 Å². The number of benzene rings is 1. The highest BCUT2D eigenvalue weighted by atomic mass is 79.9. The standard InChI is InChI=1S/C13H14BrNOS/c1-15-7-11-4-2-3-5-12(11)16-8-10-6-13(14)17-9-10/h2-6,9,15H,7-8H2,1H3. The molecule has 2 nitrogen and oxygen atoms in total. The van der Waals surface area contributed by atoms with Gasteiger partial charge in [-0.15, -0.1) is 11.3 Å². The van der Waals surface area contributed by atoms with Crippen LogP contribution in [-0.2, 0) is 13.2 Å². The van der Waals surface area contributed by atoms with Crippen molar-refractivity contribution < 1.29 is 4.74 Å². The van der Waals surface area contributed by atoms with Gasteiger partial charge in [0.25, 0.3) is 0 Å². The van der Waals surface area contributed by atoms with Gasteiger partial charge in [-0.25, -0.2) is 0 Å². The zero-order valence-electron chi connectivity index (χ0n) is 9.57. The van der Waals surface area contributed by atoms with Gasteiger partial charge in [-0.1, -0.05) is 18.2 Å². The van der Waals surface area contributed by atoms with E-state index in [9.17, 15) is 0 Å². The van der Waals surface area contributed by atoms with Crippen LogP contribution in [0.5, 0.6) is 5.75 Å². The van der Waals surface area contributed by atoms with Gasteiger partial charge in [0, 0.05) is 17.7 Å². The molecule has 1 heterocycles. The minimum absolute atomic E-state index is 0.614. The quantitative estimate of drug-likeness (QED) is 0.906. The molecule has 0 unspecified atom stereocenters. The minimum Gasteiger partial charge on any atom is -0.489 e. The Labute approximate surface area is 114 Å². The molecule has 1 aromatic carbocycles. The highest BCUT2D eigenvalue weighted by Gasteiger charge is 2.03. The van der Waals surface area contributed by atoms with Crippen molar-refractivity contribution in [2.75, 3.05) is 7.05 Å². The first-order chi connectivity index (χ1) is 8.29. The van der Waals surface area contributed by atoms with Gasteiger partial charge >= 0.3 is 0 Å². The molecular weight excluding hydrogens is 298 g/mol. The summed E-state index contributed by atoms with van der Waals surface area (Å²) in [5.74, 6) is 0.948. The summed E-state index contributed by atoms with van der Waals surface area (Å²) in [6.45, 7) is 1.44. The summed E-state index contributed by atoms with van der Waals surface area (Å²) in [6.07, 6.45) is 0. The second kappa shape index (κ2) is 6.19. The average molecular weight is 312 g/mol. The van der Waals surface area contributed by atoms with E-state index in [1.807, 2.05) is 25.2 Å². The number of hydrogen-bond acceptors (Lipinski definition) is 3. The highest BCUT2D eigenvalue weighted by molar-refractivity contribution is 9.11. The van der Waals surface area contributed by atoms with E-state index in [1.54, 1.807) is 11.3 Å². The molecule has 0 aliphatic carbocycles. The largest absolute Gasteiger partial charge is 0.489 e. The predicted octanol–water partition coefficient (Wildman–Crippen LogP) is 3.81. The van der Waals surface area contributed by atoms with Crippen LogP contribution in [0.25, 0.3) is 0 Å².